The minimum Gasteiger partial charge on any atom is -0.340 e. The summed E-state index contributed by atoms with van der Waals surface area (Å²) in [5.74, 6) is 0.116. The molecular weight excluding hydrogens is 288 g/mol. The lowest BCUT2D eigenvalue weighted by Crippen LogP contribution is -2.50. The Bertz CT molecular complexity index is 605. The lowest BCUT2D eigenvalue weighted by molar-refractivity contribution is -0.132. The Morgan fingerprint density at radius 3 is 2.33 bits per heavy atom. The van der Waals surface area contributed by atoms with Crippen LogP contribution in [0.4, 0.5) is 0 Å². The third kappa shape index (κ3) is 3.44. The van der Waals surface area contributed by atoms with Gasteiger partial charge in [0, 0.05) is 32.6 Å². The van der Waals surface area contributed by atoms with E-state index in [1.165, 1.54) is 4.31 Å². The van der Waals surface area contributed by atoms with Crippen molar-refractivity contribution in [2.24, 2.45) is 0 Å². The van der Waals surface area contributed by atoms with Gasteiger partial charge in [-0.15, -0.1) is 0 Å². The summed E-state index contributed by atoms with van der Waals surface area (Å²) in [4.78, 5) is 14.0. The molecule has 1 aliphatic rings. The number of carbonyl (C=O) groups is 1. The van der Waals surface area contributed by atoms with Gasteiger partial charge < -0.3 is 4.90 Å². The molecule has 1 amide bonds. The summed E-state index contributed by atoms with van der Waals surface area (Å²) in [5.41, 5.74) is 0.752. The molecule has 1 heterocycles. The van der Waals surface area contributed by atoms with Crippen molar-refractivity contribution in [2.45, 2.75) is 31.6 Å². The average Bonchev–Trinajstić information content (AvgIpc) is 2.48. The zero-order valence-electron chi connectivity index (χ0n) is 12.6. The van der Waals surface area contributed by atoms with Crippen molar-refractivity contribution < 1.29 is 13.2 Å². The molecule has 0 N–H and O–H groups in total. The highest BCUT2D eigenvalue weighted by Crippen LogP contribution is 2.21. The topological polar surface area (TPSA) is 57.7 Å². The van der Waals surface area contributed by atoms with Crippen molar-refractivity contribution in [3.8, 4) is 0 Å². The van der Waals surface area contributed by atoms with Crippen LogP contribution in [-0.2, 0) is 14.8 Å². The molecule has 0 atom stereocenters. The van der Waals surface area contributed by atoms with Gasteiger partial charge in [0.15, 0.2) is 0 Å². The highest BCUT2D eigenvalue weighted by atomic mass is 32.2. The minimum atomic E-state index is -3.46. The van der Waals surface area contributed by atoms with E-state index in [1.807, 2.05) is 13.0 Å². The molecule has 6 heteroatoms. The molecule has 0 aromatic heterocycles. The molecule has 116 valence electrons. The zero-order valence-corrected chi connectivity index (χ0v) is 13.4. The predicted octanol–water partition coefficient (Wildman–Crippen LogP) is 1.63. The second-order valence-electron chi connectivity index (χ2n) is 5.30. The molecule has 1 fully saturated rings. The largest absolute Gasteiger partial charge is 0.340 e. The van der Waals surface area contributed by atoms with Gasteiger partial charge in [0.05, 0.1) is 4.90 Å². The first-order chi connectivity index (χ1) is 9.96. The Morgan fingerprint density at radius 1 is 1.14 bits per heavy atom. The van der Waals surface area contributed by atoms with Crippen molar-refractivity contribution in [3.63, 3.8) is 0 Å². The van der Waals surface area contributed by atoms with E-state index in [2.05, 4.69) is 0 Å². The van der Waals surface area contributed by atoms with Gasteiger partial charge >= 0.3 is 0 Å². The number of aryl methyl sites for hydroxylation is 1. The van der Waals surface area contributed by atoms with Crippen molar-refractivity contribution >= 4 is 15.9 Å². The Labute approximate surface area is 126 Å². The van der Waals surface area contributed by atoms with E-state index in [0.717, 1.165) is 12.0 Å². The first kappa shape index (κ1) is 16.0. The van der Waals surface area contributed by atoms with Gasteiger partial charge in [-0.1, -0.05) is 25.1 Å². The van der Waals surface area contributed by atoms with Crippen molar-refractivity contribution in [1.29, 1.82) is 0 Å². The summed E-state index contributed by atoms with van der Waals surface area (Å²) < 4.78 is 26.7. The van der Waals surface area contributed by atoms with Gasteiger partial charge in [-0.3, -0.25) is 4.79 Å². The fraction of sp³-hybridized carbons (Fsp3) is 0.533. The summed E-state index contributed by atoms with van der Waals surface area (Å²) in [7, 11) is -3.46. The van der Waals surface area contributed by atoms with Crippen LogP contribution < -0.4 is 0 Å². The first-order valence-corrected chi connectivity index (χ1v) is 8.74. The molecule has 0 unspecified atom stereocenters. The van der Waals surface area contributed by atoms with E-state index in [1.54, 1.807) is 30.0 Å². The van der Waals surface area contributed by atoms with Gasteiger partial charge in [0.25, 0.3) is 0 Å². The molecule has 0 aliphatic carbocycles. The van der Waals surface area contributed by atoms with Crippen LogP contribution in [0.15, 0.2) is 29.2 Å². The smallest absolute Gasteiger partial charge is 0.243 e. The molecule has 1 aromatic rings. The van der Waals surface area contributed by atoms with E-state index in [0.29, 0.717) is 37.5 Å². The van der Waals surface area contributed by atoms with E-state index in [-0.39, 0.29) is 5.91 Å². The number of rotatable bonds is 4. The third-order valence-electron chi connectivity index (χ3n) is 3.77. The Kier molecular flexibility index (Phi) is 5.00. The van der Waals surface area contributed by atoms with Gasteiger partial charge in [0.2, 0.25) is 15.9 Å². The Morgan fingerprint density at radius 2 is 1.76 bits per heavy atom. The first-order valence-electron chi connectivity index (χ1n) is 7.30. The number of hydrogen-bond donors (Lipinski definition) is 0. The molecule has 0 bridgehead atoms. The van der Waals surface area contributed by atoms with Gasteiger partial charge in [-0.25, -0.2) is 8.42 Å². The number of benzene rings is 1. The zero-order chi connectivity index (χ0) is 15.5. The lowest BCUT2D eigenvalue weighted by Gasteiger charge is -2.34. The SMILES string of the molecule is CCCC(=O)N1CCN(S(=O)(=O)c2ccccc2C)CC1. The summed E-state index contributed by atoms with van der Waals surface area (Å²) in [6.45, 7) is 5.46. The predicted molar refractivity (Wildman–Crippen MR) is 81.4 cm³/mol. The van der Waals surface area contributed by atoms with E-state index < -0.39 is 10.0 Å². The van der Waals surface area contributed by atoms with Crippen LogP contribution in [0.5, 0.6) is 0 Å². The van der Waals surface area contributed by atoms with Crippen LogP contribution in [0.3, 0.4) is 0 Å². The summed E-state index contributed by atoms with van der Waals surface area (Å²) in [6, 6.07) is 7.00. The van der Waals surface area contributed by atoms with E-state index in [4.69, 9.17) is 0 Å². The monoisotopic (exact) mass is 310 g/mol. The minimum absolute atomic E-state index is 0.116. The normalized spacial score (nSPS) is 17.0. The third-order valence-corrected chi connectivity index (χ3v) is 5.83. The summed E-state index contributed by atoms with van der Waals surface area (Å²) >= 11 is 0. The number of carbonyl (C=O) groups excluding carboxylic acids is 1. The molecule has 0 spiro atoms. The quantitative estimate of drug-likeness (QED) is 0.849. The molecule has 1 aromatic carbocycles. The highest BCUT2D eigenvalue weighted by Gasteiger charge is 2.30. The van der Waals surface area contributed by atoms with Gasteiger partial charge in [-0.05, 0) is 25.0 Å². The van der Waals surface area contributed by atoms with E-state index >= 15 is 0 Å². The molecule has 0 saturated carbocycles. The van der Waals surface area contributed by atoms with Crippen LogP contribution in [0.2, 0.25) is 0 Å². The number of nitrogens with zero attached hydrogens (tertiary/aromatic N) is 2. The molecule has 21 heavy (non-hydrogen) atoms. The van der Waals surface area contributed by atoms with E-state index in [9.17, 15) is 13.2 Å². The van der Waals surface area contributed by atoms with Crippen LogP contribution in [-0.4, -0.2) is 49.7 Å². The summed E-state index contributed by atoms with van der Waals surface area (Å²) in [6.07, 6.45) is 1.35. The lowest BCUT2D eigenvalue weighted by atomic mass is 10.2. The number of amides is 1. The van der Waals surface area contributed by atoms with Crippen LogP contribution in [0, 0.1) is 6.92 Å². The maximum absolute atomic E-state index is 12.6. The molecule has 0 radical (unpaired) electrons. The second kappa shape index (κ2) is 6.58. The summed E-state index contributed by atoms with van der Waals surface area (Å²) in [5, 5.41) is 0. The molecular formula is C15H22N2O3S. The fourth-order valence-corrected chi connectivity index (χ4v) is 4.18. The maximum atomic E-state index is 12.6. The molecule has 1 saturated heterocycles. The number of hydrogen-bond acceptors (Lipinski definition) is 3. The van der Waals surface area contributed by atoms with Crippen molar-refractivity contribution in [2.75, 3.05) is 26.2 Å². The molecule has 1 aliphatic heterocycles. The Balaban J connectivity index is 2.08. The maximum Gasteiger partial charge on any atom is 0.243 e. The van der Waals surface area contributed by atoms with Gasteiger partial charge in [0.1, 0.15) is 0 Å². The molecule has 2 rings (SSSR count). The number of sulfonamides is 1. The molecule has 5 nitrogen and oxygen atoms in total. The van der Waals surface area contributed by atoms with Crippen LogP contribution >= 0.6 is 0 Å². The van der Waals surface area contributed by atoms with Gasteiger partial charge in [-0.2, -0.15) is 4.31 Å². The standard InChI is InChI=1S/C15H22N2O3S/c1-3-6-15(18)16-9-11-17(12-10-16)21(19,20)14-8-5-4-7-13(14)2/h4-5,7-8H,3,6,9-12H2,1-2H3. The second-order valence-corrected chi connectivity index (χ2v) is 7.21. The Hall–Kier alpha value is -1.40. The van der Waals surface area contributed by atoms with Crippen LogP contribution in [0.25, 0.3) is 0 Å². The van der Waals surface area contributed by atoms with Crippen LogP contribution in [0.1, 0.15) is 25.3 Å². The highest BCUT2D eigenvalue weighted by molar-refractivity contribution is 7.89. The van der Waals surface area contributed by atoms with Crippen molar-refractivity contribution in [3.05, 3.63) is 29.8 Å². The average molecular weight is 310 g/mol. The van der Waals surface area contributed by atoms with Crippen molar-refractivity contribution in [1.82, 2.24) is 9.21 Å². The fourth-order valence-electron chi connectivity index (χ4n) is 2.53. The number of piperazine rings is 1.